The zero-order valence-corrected chi connectivity index (χ0v) is 19.0. The normalized spacial score (nSPS) is 11.4. The van der Waals surface area contributed by atoms with E-state index in [0.29, 0.717) is 22.1 Å². The van der Waals surface area contributed by atoms with Crippen LogP contribution in [0, 0.1) is 6.92 Å². The first kappa shape index (κ1) is 23.6. The Bertz CT molecular complexity index is 1290. The molecule has 0 atom stereocenters. The van der Waals surface area contributed by atoms with Crippen molar-refractivity contribution in [2.24, 2.45) is 0 Å². The molecule has 1 aromatic heterocycles. The number of nitrogens with one attached hydrogen (secondary N) is 1. The van der Waals surface area contributed by atoms with E-state index in [2.05, 4.69) is 15.5 Å². The van der Waals surface area contributed by atoms with Crippen molar-refractivity contribution in [2.75, 3.05) is 0 Å². The average Bonchev–Trinajstić information content (AvgIpc) is 3.24. The number of hydrogen-bond donors (Lipinski definition) is 1. The molecule has 0 spiro atoms. The quantitative estimate of drug-likeness (QED) is 0.338. The zero-order chi connectivity index (χ0) is 24.1. The van der Waals surface area contributed by atoms with E-state index in [1.165, 1.54) is 17.8 Å². The molecule has 0 unspecified atom stereocenters. The second-order valence-electron chi connectivity index (χ2n) is 7.61. The number of hydrogen-bond acceptors (Lipinski definition) is 4. The van der Waals surface area contributed by atoms with E-state index in [4.69, 9.17) is 0 Å². The Labute approximate surface area is 199 Å². The number of benzene rings is 3. The van der Waals surface area contributed by atoms with Crippen molar-refractivity contribution in [2.45, 2.75) is 30.6 Å². The van der Waals surface area contributed by atoms with Crippen LogP contribution in [0.1, 0.15) is 32.9 Å². The van der Waals surface area contributed by atoms with Gasteiger partial charge in [-0.2, -0.15) is 13.2 Å². The van der Waals surface area contributed by atoms with Gasteiger partial charge in [0, 0.05) is 17.0 Å². The van der Waals surface area contributed by atoms with Crippen LogP contribution in [0.25, 0.3) is 5.69 Å². The summed E-state index contributed by atoms with van der Waals surface area (Å²) in [5, 5.41) is 11.9. The van der Waals surface area contributed by atoms with Gasteiger partial charge < -0.3 is 5.32 Å². The Morgan fingerprint density at radius 2 is 1.74 bits per heavy atom. The van der Waals surface area contributed by atoms with Crippen molar-refractivity contribution in [1.82, 2.24) is 20.1 Å². The van der Waals surface area contributed by atoms with Crippen LogP contribution in [0.3, 0.4) is 0 Å². The summed E-state index contributed by atoms with van der Waals surface area (Å²) in [6.07, 6.45) is -4.40. The average molecular weight is 483 g/mol. The van der Waals surface area contributed by atoms with Crippen molar-refractivity contribution >= 4 is 17.7 Å². The summed E-state index contributed by atoms with van der Waals surface area (Å²) >= 11 is 1.28. The van der Waals surface area contributed by atoms with E-state index in [0.717, 1.165) is 23.4 Å². The van der Waals surface area contributed by atoms with Gasteiger partial charge in [0.05, 0.1) is 12.1 Å². The van der Waals surface area contributed by atoms with Crippen LogP contribution in [0.15, 0.2) is 84.0 Å². The number of carbonyl (C=O) groups is 1. The summed E-state index contributed by atoms with van der Waals surface area (Å²) in [7, 11) is 0. The number of halogens is 3. The second kappa shape index (κ2) is 10.1. The van der Waals surface area contributed by atoms with Gasteiger partial charge in [-0.1, -0.05) is 65.9 Å². The topological polar surface area (TPSA) is 59.8 Å². The van der Waals surface area contributed by atoms with Crippen molar-refractivity contribution in [1.29, 1.82) is 0 Å². The molecule has 4 aromatic rings. The predicted octanol–water partition coefficient (Wildman–Crippen LogP) is 5.82. The van der Waals surface area contributed by atoms with Crippen LogP contribution < -0.4 is 5.32 Å². The minimum Gasteiger partial charge on any atom is -0.345 e. The first-order valence-corrected chi connectivity index (χ1v) is 11.4. The Hall–Kier alpha value is -3.59. The Morgan fingerprint density at radius 3 is 2.47 bits per heavy atom. The fraction of sp³-hybridized carbons (Fsp3) is 0.160. The molecule has 3 aromatic carbocycles. The van der Waals surface area contributed by atoms with Crippen LogP contribution in [0.5, 0.6) is 0 Å². The summed E-state index contributed by atoms with van der Waals surface area (Å²) in [6.45, 7) is 2.05. The minimum atomic E-state index is -4.40. The van der Waals surface area contributed by atoms with E-state index >= 15 is 0 Å². The molecular weight excluding hydrogens is 461 g/mol. The van der Waals surface area contributed by atoms with Crippen LogP contribution in [-0.4, -0.2) is 20.7 Å². The van der Waals surface area contributed by atoms with E-state index in [9.17, 15) is 18.0 Å². The molecule has 9 heteroatoms. The van der Waals surface area contributed by atoms with Gasteiger partial charge in [0.25, 0.3) is 5.91 Å². The van der Waals surface area contributed by atoms with Gasteiger partial charge in [-0.3, -0.25) is 9.36 Å². The van der Waals surface area contributed by atoms with Crippen molar-refractivity contribution in [3.63, 3.8) is 0 Å². The number of thioether (sulfide) groups is 1. The number of amides is 1. The molecule has 34 heavy (non-hydrogen) atoms. The molecule has 0 saturated heterocycles. The molecule has 5 nitrogen and oxygen atoms in total. The van der Waals surface area contributed by atoms with Crippen LogP contribution in [0.4, 0.5) is 13.2 Å². The summed E-state index contributed by atoms with van der Waals surface area (Å²) in [5.41, 5.74) is 2.16. The lowest BCUT2D eigenvalue weighted by molar-refractivity contribution is -0.137. The lowest BCUT2D eigenvalue weighted by Gasteiger charge is -2.12. The van der Waals surface area contributed by atoms with Gasteiger partial charge in [0.2, 0.25) is 0 Å². The van der Waals surface area contributed by atoms with Gasteiger partial charge in [-0.25, -0.2) is 0 Å². The first-order valence-electron chi connectivity index (χ1n) is 10.4. The largest absolute Gasteiger partial charge is 0.416 e. The third kappa shape index (κ3) is 5.66. The zero-order valence-electron chi connectivity index (χ0n) is 18.2. The van der Waals surface area contributed by atoms with Crippen molar-refractivity contribution in [3.8, 4) is 5.69 Å². The number of para-hydroxylation sites is 1. The maximum Gasteiger partial charge on any atom is 0.416 e. The molecule has 1 heterocycles. The Kier molecular flexibility index (Phi) is 7.02. The molecule has 0 saturated carbocycles. The number of rotatable bonds is 7. The highest BCUT2D eigenvalue weighted by molar-refractivity contribution is 7.98. The maximum absolute atomic E-state index is 13.0. The molecule has 1 amide bonds. The van der Waals surface area contributed by atoms with Gasteiger partial charge in [-0.05, 0) is 42.8 Å². The van der Waals surface area contributed by atoms with Crippen molar-refractivity contribution in [3.05, 3.63) is 107 Å². The van der Waals surface area contributed by atoms with Gasteiger partial charge >= 0.3 is 6.18 Å². The smallest absolute Gasteiger partial charge is 0.345 e. The summed E-state index contributed by atoms with van der Waals surface area (Å²) < 4.78 is 40.9. The molecule has 0 aliphatic heterocycles. The highest BCUT2D eigenvalue weighted by Gasteiger charge is 2.30. The van der Waals surface area contributed by atoms with Crippen molar-refractivity contribution < 1.29 is 18.0 Å². The number of aromatic nitrogens is 3. The number of aryl methyl sites for hydroxylation is 1. The number of alkyl halides is 3. The van der Waals surface area contributed by atoms with E-state index in [1.807, 2.05) is 49.4 Å². The SMILES string of the molecule is Cc1cccc(C(=O)NCc2nnc(SCc3cccc(C(F)(F)F)c3)n2-c2ccccc2)c1. The summed E-state index contributed by atoms with van der Waals surface area (Å²) in [4.78, 5) is 12.6. The third-order valence-electron chi connectivity index (χ3n) is 5.02. The van der Waals surface area contributed by atoms with E-state index in [1.54, 1.807) is 22.8 Å². The Morgan fingerprint density at radius 1 is 0.971 bits per heavy atom. The third-order valence-corrected chi connectivity index (χ3v) is 6.02. The first-order chi connectivity index (χ1) is 16.3. The molecule has 0 fully saturated rings. The van der Waals surface area contributed by atoms with E-state index in [-0.39, 0.29) is 18.2 Å². The highest BCUT2D eigenvalue weighted by Crippen LogP contribution is 2.31. The van der Waals surface area contributed by atoms with Crippen LogP contribution in [-0.2, 0) is 18.5 Å². The molecular formula is C25H21F3N4OS. The second-order valence-corrected chi connectivity index (χ2v) is 8.55. The number of carbonyl (C=O) groups excluding carboxylic acids is 1. The summed E-state index contributed by atoms with van der Waals surface area (Å²) in [5.74, 6) is 0.563. The molecule has 4 rings (SSSR count). The molecule has 0 radical (unpaired) electrons. The lowest BCUT2D eigenvalue weighted by Crippen LogP contribution is -2.24. The molecule has 1 N–H and O–H groups in total. The van der Waals surface area contributed by atoms with Gasteiger partial charge in [-0.15, -0.1) is 10.2 Å². The van der Waals surface area contributed by atoms with Crippen LogP contribution >= 0.6 is 11.8 Å². The molecule has 0 aliphatic rings. The fourth-order valence-electron chi connectivity index (χ4n) is 3.38. The Balaban J connectivity index is 1.55. The minimum absolute atomic E-state index is 0.138. The molecule has 0 bridgehead atoms. The molecule has 174 valence electrons. The van der Waals surface area contributed by atoms with E-state index < -0.39 is 11.7 Å². The summed E-state index contributed by atoms with van der Waals surface area (Å²) in [6, 6.07) is 21.9. The fourth-order valence-corrected chi connectivity index (χ4v) is 4.29. The van der Waals surface area contributed by atoms with Gasteiger partial charge in [0.1, 0.15) is 0 Å². The monoisotopic (exact) mass is 482 g/mol. The van der Waals surface area contributed by atoms with Crippen LogP contribution in [0.2, 0.25) is 0 Å². The van der Waals surface area contributed by atoms with Gasteiger partial charge in [0.15, 0.2) is 11.0 Å². The predicted molar refractivity (Wildman–Crippen MR) is 125 cm³/mol. The standard InChI is InChI=1S/C25H21F3N4OS/c1-17-7-5-9-19(13-17)23(33)29-15-22-30-31-24(32(22)21-11-3-2-4-12-21)34-16-18-8-6-10-20(14-18)25(26,27)28/h2-14H,15-16H2,1H3,(H,29,33). The maximum atomic E-state index is 13.0. The molecule has 0 aliphatic carbocycles. The lowest BCUT2D eigenvalue weighted by atomic mass is 10.1. The number of nitrogens with zero attached hydrogens (tertiary/aromatic N) is 3. The highest BCUT2D eigenvalue weighted by atomic mass is 32.2.